The summed E-state index contributed by atoms with van der Waals surface area (Å²) < 4.78 is 10.9. The topological polar surface area (TPSA) is 34.6 Å². The van der Waals surface area contributed by atoms with Crippen molar-refractivity contribution in [3.05, 3.63) is 101 Å². The Morgan fingerprint density at radius 3 is 2.13 bits per heavy atom. The zero-order valence-electron chi connectivity index (χ0n) is 16.5. The van der Waals surface area contributed by atoms with Gasteiger partial charge in [0.05, 0.1) is 5.69 Å². The van der Waals surface area contributed by atoms with Gasteiger partial charge in [0.2, 0.25) is 6.79 Å². The summed E-state index contributed by atoms with van der Waals surface area (Å²) in [7, 11) is 0. The molecule has 4 nitrogen and oxygen atoms in total. The Bertz CT molecular complexity index is 1070. The minimum Gasteiger partial charge on any atom is -0.454 e. The lowest BCUT2D eigenvalue weighted by Gasteiger charge is -2.21. The van der Waals surface area contributed by atoms with Gasteiger partial charge < -0.3 is 9.47 Å². The van der Waals surface area contributed by atoms with Crippen molar-refractivity contribution in [3.63, 3.8) is 0 Å². The molecule has 1 aromatic heterocycles. The van der Waals surface area contributed by atoms with E-state index in [-0.39, 0.29) is 6.79 Å². The van der Waals surface area contributed by atoms with Crippen molar-refractivity contribution < 1.29 is 9.47 Å². The Hall–Kier alpha value is -3.15. The van der Waals surface area contributed by atoms with E-state index in [2.05, 4.69) is 70.9 Å². The third-order valence-corrected chi connectivity index (χ3v) is 6.00. The van der Waals surface area contributed by atoms with Crippen molar-refractivity contribution in [1.29, 1.82) is 0 Å². The van der Waals surface area contributed by atoms with Crippen molar-refractivity contribution in [2.75, 3.05) is 6.79 Å². The fraction of sp³-hybridized carbons (Fsp3) is 0.160. The molecule has 0 amide bonds. The maximum absolute atomic E-state index is 5.51. The molecule has 0 saturated carbocycles. The third kappa shape index (κ3) is 4.37. The number of hydrogen-bond donors (Lipinski definition) is 0. The molecule has 4 aromatic rings. The number of benzene rings is 3. The molecule has 0 bridgehead atoms. The van der Waals surface area contributed by atoms with E-state index in [0.29, 0.717) is 0 Å². The molecule has 30 heavy (non-hydrogen) atoms. The van der Waals surface area contributed by atoms with Crippen LogP contribution in [0.4, 0.5) is 0 Å². The van der Waals surface area contributed by atoms with Crippen molar-refractivity contribution in [2.45, 2.75) is 19.6 Å². The first kappa shape index (κ1) is 18.9. The molecular formula is C25H22N2O2S. The minimum atomic E-state index is 0.288. The molecule has 1 aliphatic heterocycles. The zero-order chi connectivity index (χ0) is 20.2. The average Bonchev–Trinajstić information content (AvgIpc) is 3.44. The molecule has 0 radical (unpaired) electrons. The molecule has 0 spiro atoms. The number of hydrogen-bond acceptors (Lipinski definition) is 5. The summed E-state index contributed by atoms with van der Waals surface area (Å²) in [5.74, 6) is 1.59. The van der Waals surface area contributed by atoms with Gasteiger partial charge in [-0.25, -0.2) is 4.98 Å². The maximum Gasteiger partial charge on any atom is 0.231 e. The molecule has 5 heteroatoms. The van der Waals surface area contributed by atoms with Gasteiger partial charge in [-0.2, -0.15) is 0 Å². The SMILES string of the molecule is c1ccc(CN(Cc2ccccc2)Cc2csc(-c3ccc4c(c3)OCO4)n2)cc1. The second-order valence-corrected chi connectivity index (χ2v) is 8.19. The minimum absolute atomic E-state index is 0.288. The molecule has 150 valence electrons. The maximum atomic E-state index is 5.51. The molecule has 0 fully saturated rings. The van der Waals surface area contributed by atoms with Gasteiger partial charge in [0.15, 0.2) is 11.5 Å². The highest BCUT2D eigenvalue weighted by Gasteiger charge is 2.16. The van der Waals surface area contributed by atoms with Gasteiger partial charge in [0.1, 0.15) is 5.01 Å². The molecule has 1 aliphatic rings. The Kier molecular flexibility index (Phi) is 5.46. The van der Waals surface area contributed by atoms with Crippen molar-refractivity contribution in [1.82, 2.24) is 9.88 Å². The van der Waals surface area contributed by atoms with Crippen molar-refractivity contribution >= 4 is 11.3 Å². The van der Waals surface area contributed by atoms with E-state index < -0.39 is 0 Å². The standard InChI is InChI=1S/C25H22N2O2S/c1-3-7-19(8-4-1)14-27(15-20-9-5-2-6-10-20)16-22-17-30-25(26-22)21-11-12-23-24(13-21)29-18-28-23/h1-13,17H,14-16,18H2. The van der Waals surface area contributed by atoms with Gasteiger partial charge in [0, 0.05) is 30.6 Å². The molecule has 0 saturated heterocycles. The first-order valence-electron chi connectivity index (χ1n) is 9.98. The summed E-state index contributed by atoms with van der Waals surface area (Å²) in [5, 5.41) is 3.16. The van der Waals surface area contributed by atoms with Crippen LogP contribution in [-0.2, 0) is 19.6 Å². The van der Waals surface area contributed by atoms with E-state index in [1.807, 2.05) is 18.2 Å². The lowest BCUT2D eigenvalue weighted by molar-refractivity contribution is 0.174. The van der Waals surface area contributed by atoms with E-state index in [9.17, 15) is 0 Å². The highest BCUT2D eigenvalue weighted by molar-refractivity contribution is 7.13. The van der Waals surface area contributed by atoms with Gasteiger partial charge >= 0.3 is 0 Å². The van der Waals surface area contributed by atoms with Gasteiger partial charge in [-0.05, 0) is 29.3 Å². The largest absolute Gasteiger partial charge is 0.454 e. The number of thiazole rings is 1. The predicted octanol–water partition coefficient (Wildman–Crippen LogP) is 5.74. The van der Waals surface area contributed by atoms with Crippen LogP contribution in [0.25, 0.3) is 10.6 Å². The van der Waals surface area contributed by atoms with E-state index in [4.69, 9.17) is 14.5 Å². The van der Waals surface area contributed by atoms with Crippen LogP contribution in [-0.4, -0.2) is 16.7 Å². The zero-order valence-corrected chi connectivity index (χ0v) is 17.3. The van der Waals surface area contributed by atoms with Crippen LogP contribution < -0.4 is 9.47 Å². The quantitative estimate of drug-likeness (QED) is 0.386. The first-order valence-corrected chi connectivity index (χ1v) is 10.9. The number of aromatic nitrogens is 1. The number of ether oxygens (including phenoxy) is 2. The molecule has 0 unspecified atom stereocenters. The van der Waals surface area contributed by atoms with Crippen molar-refractivity contribution in [2.24, 2.45) is 0 Å². The van der Waals surface area contributed by atoms with Gasteiger partial charge in [-0.1, -0.05) is 60.7 Å². The van der Waals surface area contributed by atoms with Gasteiger partial charge in [-0.3, -0.25) is 4.90 Å². The number of nitrogens with zero attached hydrogens (tertiary/aromatic N) is 2. The summed E-state index contributed by atoms with van der Waals surface area (Å²) in [6.07, 6.45) is 0. The number of rotatable bonds is 7. The van der Waals surface area contributed by atoms with Crippen LogP contribution in [0.1, 0.15) is 16.8 Å². The summed E-state index contributed by atoms with van der Waals surface area (Å²) in [5.41, 5.74) is 4.76. The van der Waals surface area contributed by atoms with E-state index in [0.717, 1.165) is 47.4 Å². The van der Waals surface area contributed by atoms with Crippen LogP contribution in [0, 0.1) is 0 Å². The van der Waals surface area contributed by atoms with E-state index in [1.54, 1.807) is 11.3 Å². The highest BCUT2D eigenvalue weighted by atomic mass is 32.1. The normalized spacial score (nSPS) is 12.4. The van der Waals surface area contributed by atoms with Crippen LogP contribution in [0.3, 0.4) is 0 Å². The molecule has 0 atom stereocenters. The monoisotopic (exact) mass is 414 g/mol. The summed E-state index contributed by atoms with van der Waals surface area (Å²) >= 11 is 1.67. The molecule has 0 aliphatic carbocycles. The number of fused-ring (bicyclic) bond motifs is 1. The second-order valence-electron chi connectivity index (χ2n) is 7.33. The summed E-state index contributed by atoms with van der Waals surface area (Å²) in [4.78, 5) is 7.34. The summed E-state index contributed by atoms with van der Waals surface area (Å²) in [6.45, 7) is 2.85. The summed E-state index contributed by atoms with van der Waals surface area (Å²) in [6, 6.07) is 27.2. The molecule has 3 aromatic carbocycles. The van der Waals surface area contributed by atoms with Crippen LogP contribution >= 0.6 is 11.3 Å². The Balaban J connectivity index is 1.35. The molecular weight excluding hydrogens is 392 g/mol. The Morgan fingerprint density at radius 1 is 0.767 bits per heavy atom. The fourth-order valence-corrected chi connectivity index (χ4v) is 4.43. The highest BCUT2D eigenvalue weighted by Crippen LogP contribution is 2.36. The molecule has 5 rings (SSSR count). The smallest absolute Gasteiger partial charge is 0.231 e. The molecule has 2 heterocycles. The Morgan fingerprint density at radius 2 is 1.43 bits per heavy atom. The van der Waals surface area contributed by atoms with Crippen molar-refractivity contribution in [3.8, 4) is 22.1 Å². The third-order valence-electron chi connectivity index (χ3n) is 5.05. The van der Waals surface area contributed by atoms with Crippen LogP contribution in [0.15, 0.2) is 84.2 Å². The predicted molar refractivity (Wildman–Crippen MR) is 120 cm³/mol. The van der Waals surface area contributed by atoms with Crippen LogP contribution in [0.5, 0.6) is 11.5 Å². The Labute approximate surface area is 180 Å². The van der Waals surface area contributed by atoms with E-state index >= 15 is 0 Å². The lowest BCUT2D eigenvalue weighted by Crippen LogP contribution is -2.22. The van der Waals surface area contributed by atoms with Gasteiger partial charge in [-0.15, -0.1) is 11.3 Å². The fourth-order valence-electron chi connectivity index (χ4n) is 3.62. The average molecular weight is 415 g/mol. The lowest BCUT2D eigenvalue weighted by atomic mass is 10.1. The molecule has 0 N–H and O–H groups in total. The van der Waals surface area contributed by atoms with E-state index in [1.165, 1.54) is 11.1 Å². The second kappa shape index (κ2) is 8.69. The van der Waals surface area contributed by atoms with Crippen LogP contribution in [0.2, 0.25) is 0 Å². The van der Waals surface area contributed by atoms with Gasteiger partial charge in [0.25, 0.3) is 0 Å². The first-order chi connectivity index (χ1) is 14.8.